The van der Waals surface area contributed by atoms with Gasteiger partial charge in [0.1, 0.15) is 5.75 Å². The fourth-order valence-corrected chi connectivity index (χ4v) is 4.44. The number of ether oxygens (including phenoxy) is 1. The number of hydrogen-bond donors (Lipinski definition) is 1. The molecular weight excluding hydrogens is 384 g/mol. The minimum Gasteiger partial charge on any atom is -0.496 e. The van der Waals surface area contributed by atoms with Gasteiger partial charge in [-0.1, -0.05) is 73.7 Å². The average Bonchev–Trinajstić information content (AvgIpc) is 3.07. The molecule has 0 bridgehead atoms. The number of allylic oxidation sites excluding steroid dienone is 2. The van der Waals surface area contributed by atoms with E-state index in [2.05, 4.69) is 67.6 Å². The standard InChI is InChI=1S/C28H26O3/c1-3-22-24(23-14-9-15-26(31-2)28(23)25(22)18-27(29)30)17-21-13-8-7-12-20(21)16-19-10-5-4-6-11-19/h4-15,17H,3,16,18H2,1-2H3,(H,29,30)/b24-17-. The number of rotatable bonds is 7. The van der Waals surface area contributed by atoms with E-state index in [1.807, 2.05) is 18.2 Å². The highest BCUT2D eigenvalue weighted by Crippen LogP contribution is 2.48. The molecule has 0 radical (unpaired) electrons. The van der Waals surface area contributed by atoms with Gasteiger partial charge in [-0.3, -0.25) is 4.79 Å². The first-order valence-corrected chi connectivity index (χ1v) is 10.6. The maximum Gasteiger partial charge on any atom is 0.307 e. The molecule has 0 heterocycles. The lowest BCUT2D eigenvalue weighted by Crippen LogP contribution is -1.99. The predicted octanol–water partition coefficient (Wildman–Crippen LogP) is 6.48. The maximum absolute atomic E-state index is 11.7. The zero-order valence-electron chi connectivity index (χ0n) is 17.9. The quantitative estimate of drug-likeness (QED) is 0.485. The summed E-state index contributed by atoms with van der Waals surface area (Å²) in [6.07, 6.45) is 3.80. The molecule has 3 aromatic rings. The summed E-state index contributed by atoms with van der Waals surface area (Å²) >= 11 is 0. The molecule has 0 spiro atoms. The molecular formula is C28H26O3. The van der Waals surface area contributed by atoms with Crippen molar-refractivity contribution in [2.75, 3.05) is 7.11 Å². The molecule has 3 nitrogen and oxygen atoms in total. The molecule has 0 aliphatic heterocycles. The van der Waals surface area contributed by atoms with Gasteiger partial charge in [-0.2, -0.15) is 0 Å². The molecule has 0 aromatic heterocycles. The van der Waals surface area contributed by atoms with Gasteiger partial charge >= 0.3 is 5.97 Å². The van der Waals surface area contributed by atoms with Crippen molar-refractivity contribution < 1.29 is 14.6 Å². The SMILES string of the molecule is CCC1=C(CC(=O)O)c2c(OC)cccc2/C1=C\c1ccccc1Cc1ccccc1. The van der Waals surface area contributed by atoms with Crippen molar-refractivity contribution in [1.29, 1.82) is 0 Å². The Kier molecular flexibility index (Phi) is 6.03. The Balaban J connectivity index is 1.87. The second kappa shape index (κ2) is 9.05. The summed E-state index contributed by atoms with van der Waals surface area (Å²) in [6.45, 7) is 2.08. The zero-order chi connectivity index (χ0) is 21.8. The number of fused-ring (bicyclic) bond motifs is 1. The minimum atomic E-state index is -0.830. The average molecular weight is 411 g/mol. The number of carboxylic acids is 1. The van der Waals surface area contributed by atoms with Crippen LogP contribution in [-0.4, -0.2) is 18.2 Å². The Morgan fingerprint density at radius 3 is 2.39 bits per heavy atom. The van der Waals surface area contributed by atoms with E-state index in [1.54, 1.807) is 7.11 Å². The van der Waals surface area contributed by atoms with Crippen LogP contribution in [0, 0.1) is 0 Å². The number of aliphatic carboxylic acids is 1. The molecule has 0 atom stereocenters. The minimum absolute atomic E-state index is 0.0143. The molecule has 31 heavy (non-hydrogen) atoms. The fourth-order valence-electron chi connectivity index (χ4n) is 4.44. The predicted molar refractivity (Wildman–Crippen MR) is 126 cm³/mol. The first-order chi connectivity index (χ1) is 15.1. The lowest BCUT2D eigenvalue weighted by atomic mass is 9.94. The number of carbonyl (C=O) groups is 1. The van der Waals surface area contributed by atoms with Crippen molar-refractivity contribution in [3.05, 3.63) is 106 Å². The van der Waals surface area contributed by atoms with Crippen molar-refractivity contribution in [1.82, 2.24) is 0 Å². The van der Waals surface area contributed by atoms with Gasteiger partial charge in [0.25, 0.3) is 0 Å². The second-order valence-electron chi connectivity index (χ2n) is 7.68. The van der Waals surface area contributed by atoms with Gasteiger partial charge in [-0.05, 0) is 64.0 Å². The Labute approximate surface area is 183 Å². The Bertz CT molecular complexity index is 1170. The molecule has 1 aliphatic rings. The molecule has 0 fully saturated rings. The van der Waals surface area contributed by atoms with Crippen molar-refractivity contribution in [3.63, 3.8) is 0 Å². The molecule has 156 valence electrons. The van der Waals surface area contributed by atoms with Gasteiger partial charge in [-0.25, -0.2) is 0 Å². The Morgan fingerprint density at radius 2 is 1.68 bits per heavy atom. The summed E-state index contributed by atoms with van der Waals surface area (Å²) < 4.78 is 5.61. The van der Waals surface area contributed by atoms with Crippen LogP contribution in [-0.2, 0) is 11.2 Å². The van der Waals surface area contributed by atoms with Crippen LogP contribution in [0.3, 0.4) is 0 Å². The fraction of sp³-hybridized carbons (Fsp3) is 0.179. The lowest BCUT2D eigenvalue weighted by Gasteiger charge is -2.11. The van der Waals surface area contributed by atoms with Crippen molar-refractivity contribution in [2.45, 2.75) is 26.2 Å². The van der Waals surface area contributed by atoms with Crippen LogP contribution in [0.2, 0.25) is 0 Å². The summed E-state index contributed by atoms with van der Waals surface area (Å²) in [5, 5.41) is 9.57. The van der Waals surface area contributed by atoms with Crippen LogP contribution in [0.4, 0.5) is 0 Å². The first-order valence-electron chi connectivity index (χ1n) is 10.6. The normalized spacial score (nSPS) is 14.1. The van der Waals surface area contributed by atoms with E-state index in [9.17, 15) is 9.90 Å². The monoisotopic (exact) mass is 410 g/mol. The summed E-state index contributed by atoms with van der Waals surface area (Å²) in [5.41, 5.74) is 8.64. The van der Waals surface area contributed by atoms with E-state index in [0.29, 0.717) is 0 Å². The highest BCUT2D eigenvalue weighted by atomic mass is 16.5. The molecule has 3 heteroatoms. The van der Waals surface area contributed by atoms with E-state index in [0.717, 1.165) is 52.0 Å². The summed E-state index contributed by atoms with van der Waals surface area (Å²) in [6, 6.07) is 24.8. The molecule has 0 saturated heterocycles. The van der Waals surface area contributed by atoms with E-state index < -0.39 is 5.97 Å². The maximum atomic E-state index is 11.7. The second-order valence-corrected chi connectivity index (χ2v) is 7.68. The van der Waals surface area contributed by atoms with Crippen molar-refractivity contribution in [3.8, 4) is 5.75 Å². The molecule has 0 unspecified atom stereocenters. The summed E-state index contributed by atoms with van der Waals surface area (Å²) in [5.74, 6) is -0.107. The number of benzene rings is 3. The first kappa shape index (κ1) is 20.7. The molecule has 3 aromatic carbocycles. The van der Waals surface area contributed by atoms with Crippen LogP contribution in [0.1, 0.15) is 47.6 Å². The largest absolute Gasteiger partial charge is 0.496 e. The van der Waals surface area contributed by atoms with Gasteiger partial charge in [0.05, 0.1) is 13.5 Å². The lowest BCUT2D eigenvalue weighted by molar-refractivity contribution is -0.135. The van der Waals surface area contributed by atoms with Crippen LogP contribution >= 0.6 is 0 Å². The molecule has 1 N–H and O–H groups in total. The number of methoxy groups -OCH3 is 1. The van der Waals surface area contributed by atoms with Gasteiger partial charge in [-0.15, -0.1) is 0 Å². The Hall–Kier alpha value is -3.59. The third-order valence-electron chi connectivity index (χ3n) is 5.80. The van der Waals surface area contributed by atoms with E-state index in [1.165, 1.54) is 11.1 Å². The van der Waals surface area contributed by atoms with Crippen LogP contribution < -0.4 is 4.74 Å². The highest BCUT2D eigenvalue weighted by Gasteiger charge is 2.29. The molecule has 1 aliphatic carbocycles. The van der Waals surface area contributed by atoms with E-state index >= 15 is 0 Å². The number of hydrogen-bond acceptors (Lipinski definition) is 2. The third-order valence-corrected chi connectivity index (χ3v) is 5.80. The third kappa shape index (κ3) is 4.17. The molecule has 0 amide bonds. The van der Waals surface area contributed by atoms with Gasteiger partial charge < -0.3 is 9.84 Å². The summed E-state index contributed by atoms with van der Waals surface area (Å²) in [4.78, 5) is 11.7. The van der Waals surface area contributed by atoms with Gasteiger partial charge in [0, 0.05) is 5.56 Å². The van der Waals surface area contributed by atoms with Crippen LogP contribution in [0.15, 0.2) is 78.4 Å². The van der Waals surface area contributed by atoms with Crippen LogP contribution in [0.5, 0.6) is 5.75 Å². The van der Waals surface area contributed by atoms with Gasteiger partial charge in [0.15, 0.2) is 0 Å². The van der Waals surface area contributed by atoms with Gasteiger partial charge in [0.2, 0.25) is 0 Å². The number of carboxylic acid groups (broad SMARTS) is 1. The van der Waals surface area contributed by atoms with Crippen molar-refractivity contribution >= 4 is 23.2 Å². The highest BCUT2D eigenvalue weighted by molar-refractivity contribution is 6.09. The molecule has 0 saturated carbocycles. The zero-order valence-corrected chi connectivity index (χ0v) is 17.9. The Morgan fingerprint density at radius 1 is 0.935 bits per heavy atom. The topological polar surface area (TPSA) is 46.5 Å². The van der Waals surface area contributed by atoms with Crippen LogP contribution in [0.25, 0.3) is 17.2 Å². The van der Waals surface area contributed by atoms with E-state index in [4.69, 9.17) is 4.74 Å². The van der Waals surface area contributed by atoms with E-state index in [-0.39, 0.29) is 6.42 Å². The summed E-state index contributed by atoms with van der Waals surface area (Å²) in [7, 11) is 1.64. The smallest absolute Gasteiger partial charge is 0.307 e. The van der Waals surface area contributed by atoms with Crippen molar-refractivity contribution in [2.24, 2.45) is 0 Å². The molecule has 4 rings (SSSR count).